The minimum absolute atomic E-state index is 0.123. The minimum atomic E-state index is -0.161. The number of carbonyl (C=O) groups is 1. The molecule has 0 radical (unpaired) electrons. The molecule has 4 N–H and O–H groups in total. The number of anilines is 4. The molecule has 1 atom stereocenters. The highest BCUT2D eigenvalue weighted by atomic mass is 32.2. The number of para-hydroxylation sites is 1. The minimum Gasteiger partial charge on any atom is -0.490 e. The largest absolute Gasteiger partial charge is 0.490 e. The Morgan fingerprint density at radius 1 is 1.06 bits per heavy atom. The van der Waals surface area contributed by atoms with Crippen molar-refractivity contribution in [2.24, 2.45) is 0 Å². The van der Waals surface area contributed by atoms with Crippen molar-refractivity contribution in [2.45, 2.75) is 18.6 Å². The van der Waals surface area contributed by atoms with Gasteiger partial charge in [-0.25, -0.2) is 0 Å². The number of hydrogen-bond acceptors (Lipinski definition) is 9. The van der Waals surface area contributed by atoms with Crippen molar-refractivity contribution in [2.75, 3.05) is 35.3 Å². The Morgan fingerprint density at radius 2 is 1.84 bits per heavy atom. The van der Waals surface area contributed by atoms with Crippen LogP contribution >= 0.6 is 11.8 Å². The summed E-state index contributed by atoms with van der Waals surface area (Å²) in [5.41, 5.74) is 7.37. The summed E-state index contributed by atoms with van der Waals surface area (Å²) in [7, 11) is 0. The van der Waals surface area contributed by atoms with Gasteiger partial charge in [-0.1, -0.05) is 18.2 Å². The highest BCUT2D eigenvalue weighted by molar-refractivity contribution is 8.00. The van der Waals surface area contributed by atoms with Gasteiger partial charge in [0.05, 0.1) is 24.2 Å². The Hall–Kier alpha value is -3.53. The van der Waals surface area contributed by atoms with E-state index in [-0.39, 0.29) is 22.9 Å². The van der Waals surface area contributed by atoms with Crippen LogP contribution in [0.5, 0.6) is 11.5 Å². The molecule has 2 aromatic carbocycles. The smallest absolute Gasteiger partial charge is 0.234 e. The number of nitrogens with zero attached hydrogens (tertiary/aromatic N) is 3. The van der Waals surface area contributed by atoms with Gasteiger partial charge >= 0.3 is 0 Å². The van der Waals surface area contributed by atoms with E-state index in [9.17, 15) is 4.79 Å². The molecule has 0 fully saturated rings. The number of nitrogens with one attached hydrogen (secondary N) is 2. The number of nitrogens with two attached hydrogens (primary N) is 1. The van der Waals surface area contributed by atoms with Gasteiger partial charge in [0.2, 0.25) is 17.8 Å². The summed E-state index contributed by atoms with van der Waals surface area (Å²) in [5.74, 6) is 2.41. The van der Waals surface area contributed by atoms with Crippen molar-refractivity contribution in [3.8, 4) is 11.5 Å². The second-order valence-electron chi connectivity index (χ2n) is 7.08. The highest BCUT2D eigenvalue weighted by Crippen LogP contribution is 2.32. The fourth-order valence-corrected chi connectivity index (χ4v) is 3.74. The van der Waals surface area contributed by atoms with E-state index in [2.05, 4.69) is 25.6 Å². The van der Waals surface area contributed by atoms with Crippen molar-refractivity contribution < 1.29 is 14.3 Å². The lowest BCUT2D eigenvalue weighted by Gasteiger charge is -2.13. The Balaban J connectivity index is 1.34. The highest BCUT2D eigenvalue weighted by Gasteiger charge is 2.16. The van der Waals surface area contributed by atoms with Gasteiger partial charge < -0.3 is 25.8 Å². The van der Waals surface area contributed by atoms with Crippen LogP contribution in [0, 0.1) is 0 Å². The van der Waals surface area contributed by atoms with Crippen LogP contribution in [-0.4, -0.2) is 39.8 Å². The van der Waals surface area contributed by atoms with Gasteiger partial charge in [-0.05, 0) is 31.2 Å². The number of carbonyl (C=O) groups excluding carboxylic acids is 1. The molecule has 1 aromatic heterocycles. The zero-order valence-electron chi connectivity index (χ0n) is 17.6. The molecule has 0 aliphatic carbocycles. The Bertz CT molecular complexity index is 1080. The number of benzene rings is 2. The monoisotopic (exact) mass is 452 g/mol. The summed E-state index contributed by atoms with van der Waals surface area (Å²) in [6, 6.07) is 14.9. The first kappa shape index (κ1) is 21.7. The first-order valence-electron chi connectivity index (χ1n) is 10.2. The second kappa shape index (κ2) is 10.2. The lowest BCUT2D eigenvalue weighted by Crippen LogP contribution is -2.15. The van der Waals surface area contributed by atoms with Crippen molar-refractivity contribution in [1.82, 2.24) is 15.0 Å². The lowest BCUT2D eigenvalue weighted by molar-refractivity contribution is -0.113. The number of aromatic nitrogens is 3. The van der Waals surface area contributed by atoms with Crippen molar-refractivity contribution in [1.29, 1.82) is 0 Å². The fraction of sp³-hybridized carbons (Fsp3) is 0.273. The standard InChI is InChI=1S/C22H24N6O3S/c1-14(20-26-21(23)28-22(27-20)25-15-6-3-2-4-7-15)32-13-19(29)24-16-8-9-17-18(12-16)31-11-5-10-30-17/h2-4,6-9,12,14H,5,10-11,13H2,1H3,(H,24,29)(H3,23,25,26,27,28)/t14-/m1/s1. The van der Waals surface area contributed by atoms with Crippen LogP contribution in [0.4, 0.5) is 23.3 Å². The van der Waals surface area contributed by atoms with Crippen LogP contribution in [0.2, 0.25) is 0 Å². The molecule has 1 amide bonds. The summed E-state index contributed by atoms with van der Waals surface area (Å²) < 4.78 is 11.3. The predicted molar refractivity (Wildman–Crippen MR) is 126 cm³/mol. The van der Waals surface area contributed by atoms with Gasteiger partial charge in [-0.3, -0.25) is 4.79 Å². The molecular formula is C22H24N6O3S. The van der Waals surface area contributed by atoms with Gasteiger partial charge in [0.1, 0.15) is 5.82 Å². The van der Waals surface area contributed by atoms with E-state index in [1.54, 1.807) is 18.2 Å². The number of rotatable bonds is 7. The topological polar surface area (TPSA) is 124 Å². The average Bonchev–Trinajstić information content (AvgIpc) is 3.03. The maximum atomic E-state index is 12.5. The van der Waals surface area contributed by atoms with E-state index >= 15 is 0 Å². The molecule has 0 unspecified atom stereocenters. The molecule has 166 valence electrons. The molecule has 1 aliphatic heterocycles. The van der Waals surface area contributed by atoms with Crippen molar-refractivity contribution >= 4 is 40.9 Å². The van der Waals surface area contributed by atoms with E-state index in [1.807, 2.05) is 37.3 Å². The quantitative estimate of drug-likeness (QED) is 0.491. The van der Waals surface area contributed by atoms with E-state index in [1.165, 1.54) is 11.8 Å². The maximum Gasteiger partial charge on any atom is 0.234 e. The molecule has 1 aliphatic rings. The zero-order valence-corrected chi connectivity index (χ0v) is 18.4. The van der Waals surface area contributed by atoms with Crippen LogP contribution in [-0.2, 0) is 4.79 Å². The molecular weight excluding hydrogens is 428 g/mol. The maximum absolute atomic E-state index is 12.5. The molecule has 2 heterocycles. The molecule has 4 rings (SSSR count). The molecule has 0 bridgehead atoms. The van der Waals surface area contributed by atoms with Crippen LogP contribution < -0.4 is 25.8 Å². The SMILES string of the molecule is C[C@@H](SCC(=O)Nc1ccc2c(c1)OCCCO2)c1nc(N)nc(Nc2ccccc2)n1. The molecule has 32 heavy (non-hydrogen) atoms. The fourth-order valence-electron chi connectivity index (χ4n) is 3.01. The summed E-state index contributed by atoms with van der Waals surface area (Å²) >= 11 is 1.41. The summed E-state index contributed by atoms with van der Waals surface area (Å²) in [5, 5.41) is 5.84. The second-order valence-corrected chi connectivity index (χ2v) is 8.41. The Labute approximate surface area is 190 Å². The van der Waals surface area contributed by atoms with E-state index < -0.39 is 0 Å². The van der Waals surface area contributed by atoms with Crippen molar-refractivity contribution in [3.63, 3.8) is 0 Å². The van der Waals surface area contributed by atoms with Crippen LogP contribution in [0.1, 0.15) is 24.4 Å². The van der Waals surface area contributed by atoms with Crippen LogP contribution in [0.25, 0.3) is 0 Å². The van der Waals surface area contributed by atoms with Gasteiger partial charge in [-0.15, -0.1) is 11.8 Å². The molecule has 0 saturated carbocycles. The number of thioether (sulfide) groups is 1. The first-order chi connectivity index (χ1) is 15.6. The van der Waals surface area contributed by atoms with Gasteiger partial charge in [0, 0.05) is 23.9 Å². The Kier molecular flexibility index (Phi) is 6.90. The van der Waals surface area contributed by atoms with Crippen LogP contribution in [0.15, 0.2) is 48.5 Å². The number of amides is 1. The number of hydrogen-bond donors (Lipinski definition) is 3. The summed E-state index contributed by atoms with van der Waals surface area (Å²) in [4.78, 5) is 25.3. The molecule has 0 spiro atoms. The van der Waals surface area contributed by atoms with Crippen LogP contribution in [0.3, 0.4) is 0 Å². The normalized spacial score (nSPS) is 13.7. The Morgan fingerprint density at radius 3 is 2.66 bits per heavy atom. The predicted octanol–water partition coefficient (Wildman–Crippen LogP) is 3.79. The zero-order chi connectivity index (χ0) is 22.3. The average molecular weight is 453 g/mol. The van der Waals surface area contributed by atoms with Gasteiger partial charge in [0.15, 0.2) is 11.5 Å². The molecule has 10 heteroatoms. The number of nitrogen functional groups attached to an aromatic ring is 1. The van der Waals surface area contributed by atoms with E-state index in [4.69, 9.17) is 15.2 Å². The third kappa shape index (κ3) is 5.79. The third-order valence-electron chi connectivity index (χ3n) is 4.56. The third-order valence-corrected chi connectivity index (χ3v) is 5.70. The number of fused-ring (bicyclic) bond motifs is 1. The molecule has 9 nitrogen and oxygen atoms in total. The summed E-state index contributed by atoms with van der Waals surface area (Å²) in [6.07, 6.45) is 0.828. The van der Waals surface area contributed by atoms with E-state index in [0.717, 1.165) is 12.1 Å². The van der Waals surface area contributed by atoms with Gasteiger partial charge in [-0.2, -0.15) is 15.0 Å². The molecule has 0 saturated heterocycles. The van der Waals surface area contributed by atoms with E-state index in [0.29, 0.717) is 42.2 Å². The summed E-state index contributed by atoms with van der Waals surface area (Å²) in [6.45, 7) is 3.14. The van der Waals surface area contributed by atoms with Crippen molar-refractivity contribution in [3.05, 3.63) is 54.4 Å². The lowest BCUT2D eigenvalue weighted by atomic mass is 10.2. The first-order valence-corrected chi connectivity index (χ1v) is 11.3. The van der Waals surface area contributed by atoms with Gasteiger partial charge in [0.25, 0.3) is 0 Å². The molecule has 3 aromatic rings. The number of ether oxygens (including phenoxy) is 2.